The van der Waals surface area contributed by atoms with E-state index in [1.165, 1.54) is 32.9 Å². The van der Waals surface area contributed by atoms with Crippen LogP contribution in [0.1, 0.15) is 18.1 Å². The van der Waals surface area contributed by atoms with E-state index in [1.54, 1.807) is 6.20 Å². The Kier molecular flexibility index (Phi) is 4.01. The lowest BCUT2D eigenvalue weighted by Gasteiger charge is -2.06. The fourth-order valence-electron chi connectivity index (χ4n) is 3.41. The number of fused-ring (bicyclic) bond motifs is 3. The fraction of sp³-hybridized carbons (Fsp3) is 0.190. The minimum Gasteiger partial charge on any atom is -0.341 e. The molecule has 0 aliphatic heterocycles. The monoisotopic (exact) mass is 315 g/mol. The number of nitrogens with zero attached hydrogens (tertiary/aromatic N) is 2. The molecule has 0 atom stereocenters. The minimum absolute atomic E-state index is 0.836. The van der Waals surface area contributed by atoms with Gasteiger partial charge >= 0.3 is 0 Å². The zero-order valence-electron chi connectivity index (χ0n) is 13.9. The molecule has 0 amide bonds. The molecule has 4 rings (SSSR count). The smallest absolute Gasteiger partial charge is 0.0491 e. The zero-order valence-corrected chi connectivity index (χ0v) is 13.9. The van der Waals surface area contributed by atoms with Gasteiger partial charge < -0.3 is 9.88 Å². The van der Waals surface area contributed by atoms with Gasteiger partial charge in [0.25, 0.3) is 0 Å². The van der Waals surface area contributed by atoms with Gasteiger partial charge in [0.05, 0.1) is 0 Å². The second-order valence-corrected chi connectivity index (χ2v) is 6.08. The van der Waals surface area contributed by atoms with E-state index in [0.29, 0.717) is 0 Å². The van der Waals surface area contributed by atoms with Gasteiger partial charge in [0.2, 0.25) is 0 Å². The lowest BCUT2D eigenvalue weighted by atomic mass is 10.1. The second-order valence-electron chi connectivity index (χ2n) is 6.08. The highest BCUT2D eigenvalue weighted by atomic mass is 15.0. The van der Waals surface area contributed by atoms with Crippen molar-refractivity contribution in [1.29, 1.82) is 0 Å². The van der Waals surface area contributed by atoms with Gasteiger partial charge in [-0.25, -0.2) is 0 Å². The number of rotatable bonds is 5. The van der Waals surface area contributed by atoms with Crippen molar-refractivity contribution in [3.05, 3.63) is 78.1 Å². The molecule has 4 aromatic rings. The maximum Gasteiger partial charge on any atom is 0.0491 e. The molecule has 0 spiro atoms. The summed E-state index contributed by atoms with van der Waals surface area (Å²) >= 11 is 0. The Labute approximate surface area is 142 Å². The largest absolute Gasteiger partial charge is 0.341 e. The molecule has 0 aliphatic carbocycles. The first kappa shape index (κ1) is 14.9. The summed E-state index contributed by atoms with van der Waals surface area (Å²) in [5, 5.41) is 6.18. The number of pyridine rings is 1. The average molecular weight is 315 g/mol. The van der Waals surface area contributed by atoms with E-state index >= 15 is 0 Å². The van der Waals surface area contributed by atoms with E-state index in [-0.39, 0.29) is 0 Å². The molecule has 2 heterocycles. The molecular formula is C21H21N3. The topological polar surface area (TPSA) is 29.9 Å². The molecule has 0 saturated heterocycles. The van der Waals surface area contributed by atoms with Crippen molar-refractivity contribution in [1.82, 2.24) is 14.9 Å². The summed E-state index contributed by atoms with van der Waals surface area (Å²) in [4.78, 5) is 4.15. The van der Waals surface area contributed by atoms with E-state index in [0.717, 1.165) is 19.6 Å². The van der Waals surface area contributed by atoms with Crippen LogP contribution in [0.5, 0.6) is 0 Å². The number of hydrogen-bond donors (Lipinski definition) is 1. The molecule has 3 heteroatoms. The summed E-state index contributed by atoms with van der Waals surface area (Å²) in [5.41, 5.74) is 5.15. The Morgan fingerprint density at radius 1 is 0.875 bits per heavy atom. The van der Waals surface area contributed by atoms with Crippen molar-refractivity contribution < 1.29 is 0 Å². The summed E-state index contributed by atoms with van der Waals surface area (Å²) in [6, 6.07) is 19.5. The molecule has 0 bridgehead atoms. The van der Waals surface area contributed by atoms with Gasteiger partial charge in [0, 0.05) is 53.8 Å². The molecule has 0 radical (unpaired) electrons. The Balaban J connectivity index is 1.62. The first-order valence-electron chi connectivity index (χ1n) is 8.46. The van der Waals surface area contributed by atoms with Gasteiger partial charge in [-0.2, -0.15) is 0 Å². The van der Waals surface area contributed by atoms with Crippen LogP contribution in [0.3, 0.4) is 0 Å². The highest BCUT2D eigenvalue weighted by Crippen LogP contribution is 2.29. The van der Waals surface area contributed by atoms with Gasteiger partial charge in [-0.3, -0.25) is 4.98 Å². The highest BCUT2D eigenvalue weighted by Gasteiger charge is 2.09. The molecule has 2 aromatic heterocycles. The van der Waals surface area contributed by atoms with E-state index in [1.807, 2.05) is 12.3 Å². The van der Waals surface area contributed by atoms with Gasteiger partial charge in [0.1, 0.15) is 0 Å². The van der Waals surface area contributed by atoms with Crippen molar-refractivity contribution in [2.75, 3.05) is 0 Å². The van der Waals surface area contributed by atoms with E-state index < -0.39 is 0 Å². The van der Waals surface area contributed by atoms with Gasteiger partial charge in [-0.15, -0.1) is 0 Å². The van der Waals surface area contributed by atoms with E-state index in [9.17, 15) is 0 Å². The first-order chi connectivity index (χ1) is 11.9. The van der Waals surface area contributed by atoms with Gasteiger partial charge in [-0.05, 0) is 42.3 Å². The standard InChI is InChI=1S/C21H21N3/c1-2-24-20-8-4-3-7-18(20)19-12-16(9-10-21(19)24)13-23-15-17-6-5-11-22-14-17/h3-12,14,23H,2,13,15H2,1H3. The quantitative estimate of drug-likeness (QED) is 0.587. The highest BCUT2D eigenvalue weighted by molar-refractivity contribution is 6.08. The molecule has 0 saturated carbocycles. The summed E-state index contributed by atoms with van der Waals surface area (Å²) in [7, 11) is 0. The van der Waals surface area contributed by atoms with Crippen LogP contribution in [-0.4, -0.2) is 9.55 Å². The first-order valence-corrected chi connectivity index (χ1v) is 8.46. The minimum atomic E-state index is 0.836. The fourth-order valence-corrected chi connectivity index (χ4v) is 3.41. The molecule has 2 aromatic carbocycles. The summed E-state index contributed by atoms with van der Waals surface area (Å²) in [6.07, 6.45) is 3.71. The van der Waals surface area contributed by atoms with Crippen molar-refractivity contribution in [2.24, 2.45) is 0 Å². The van der Waals surface area contributed by atoms with Gasteiger partial charge in [-0.1, -0.05) is 30.3 Å². The Morgan fingerprint density at radius 2 is 1.71 bits per heavy atom. The predicted octanol–water partition coefficient (Wildman–Crippen LogP) is 4.50. The Morgan fingerprint density at radius 3 is 2.54 bits per heavy atom. The van der Waals surface area contributed by atoms with Crippen molar-refractivity contribution in [3.8, 4) is 0 Å². The van der Waals surface area contributed by atoms with Crippen LogP contribution >= 0.6 is 0 Å². The molecule has 1 N–H and O–H groups in total. The molecule has 0 aliphatic rings. The SMILES string of the molecule is CCn1c2ccccc2c2cc(CNCc3cccnc3)ccc21. The number of nitrogens with one attached hydrogen (secondary N) is 1. The van der Waals surface area contributed by atoms with Crippen LogP contribution in [0.25, 0.3) is 21.8 Å². The second kappa shape index (κ2) is 6.46. The number of benzene rings is 2. The number of aromatic nitrogens is 2. The zero-order chi connectivity index (χ0) is 16.4. The van der Waals surface area contributed by atoms with Gasteiger partial charge in [0.15, 0.2) is 0 Å². The molecule has 0 unspecified atom stereocenters. The number of para-hydroxylation sites is 1. The van der Waals surface area contributed by atoms with Crippen LogP contribution in [0.15, 0.2) is 67.0 Å². The van der Waals surface area contributed by atoms with Crippen LogP contribution in [0.4, 0.5) is 0 Å². The van der Waals surface area contributed by atoms with Crippen LogP contribution in [0.2, 0.25) is 0 Å². The third kappa shape index (κ3) is 2.68. The Hall–Kier alpha value is -2.65. The summed E-state index contributed by atoms with van der Waals surface area (Å²) < 4.78 is 2.39. The van der Waals surface area contributed by atoms with Crippen molar-refractivity contribution >= 4 is 21.8 Å². The van der Waals surface area contributed by atoms with Crippen LogP contribution < -0.4 is 5.32 Å². The molecule has 0 fully saturated rings. The average Bonchev–Trinajstić information content (AvgIpc) is 2.96. The molecule has 24 heavy (non-hydrogen) atoms. The Bertz CT molecular complexity index is 970. The maximum absolute atomic E-state index is 4.15. The van der Waals surface area contributed by atoms with Crippen molar-refractivity contribution in [2.45, 2.75) is 26.6 Å². The molecule has 3 nitrogen and oxygen atoms in total. The number of aryl methyl sites for hydroxylation is 1. The summed E-state index contributed by atoms with van der Waals surface area (Å²) in [5.74, 6) is 0. The van der Waals surface area contributed by atoms with Crippen LogP contribution in [-0.2, 0) is 19.6 Å². The van der Waals surface area contributed by atoms with E-state index in [2.05, 4.69) is 70.3 Å². The van der Waals surface area contributed by atoms with E-state index in [4.69, 9.17) is 0 Å². The summed E-state index contributed by atoms with van der Waals surface area (Å²) in [6.45, 7) is 4.89. The maximum atomic E-state index is 4.15. The number of hydrogen-bond acceptors (Lipinski definition) is 2. The predicted molar refractivity (Wildman–Crippen MR) is 99.9 cm³/mol. The van der Waals surface area contributed by atoms with Crippen LogP contribution in [0, 0.1) is 0 Å². The third-order valence-electron chi connectivity index (χ3n) is 4.53. The lowest BCUT2D eigenvalue weighted by Crippen LogP contribution is -2.12. The third-order valence-corrected chi connectivity index (χ3v) is 4.53. The molecule has 120 valence electrons. The normalized spacial score (nSPS) is 11.4. The lowest BCUT2D eigenvalue weighted by molar-refractivity contribution is 0.692. The van der Waals surface area contributed by atoms with Crippen molar-refractivity contribution in [3.63, 3.8) is 0 Å². The molecular weight excluding hydrogens is 294 g/mol.